The minimum atomic E-state index is -3.73. The van der Waals surface area contributed by atoms with Crippen LogP contribution in [0.5, 0.6) is 5.75 Å². The maximum absolute atomic E-state index is 13.4. The van der Waals surface area contributed by atoms with Crippen molar-refractivity contribution < 1.29 is 17.5 Å². The quantitative estimate of drug-likeness (QED) is 0.745. The molecular weight excluding hydrogens is 259 g/mol. The van der Waals surface area contributed by atoms with Crippen LogP contribution in [0.3, 0.4) is 0 Å². The first kappa shape index (κ1) is 14.6. The van der Waals surface area contributed by atoms with E-state index >= 15 is 0 Å². The third kappa shape index (κ3) is 3.80. The highest BCUT2D eigenvalue weighted by Gasteiger charge is 2.15. The second-order valence-electron chi connectivity index (χ2n) is 3.36. The molecule has 18 heavy (non-hydrogen) atoms. The number of methoxy groups -OCH3 is 1. The molecule has 0 spiro atoms. The van der Waals surface area contributed by atoms with Crippen LogP contribution in [0, 0.1) is 5.82 Å². The summed E-state index contributed by atoms with van der Waals surface area (Å²) >= 11 is 0. The fourth-order valence-corrected chi connectivity index (χ4v) is 2.22. The van der Waals surface area contributed by atoms with Gasteiger partial charge in [0.2, 0.25) is 10.0 Å². The van der Waals surface area contributed by atoms with E-state index in [1.54, 1.807) is 12.2 Å². The molecule has 0 aliphatic carbocycles. The van der Waals surface area contributed by atoms with E-state index in [0.29, 0.717) is 6.54 Å². The lowest BCUT2D eigenvalue weighted by molar-refractivity contribution is 0.385. The summed E-state index contributed by atoms with van der Waals surface area (Å²) in [4.78, 5) is -0.151. The van der Waals surface area contributed by atoms with Gasteiger partial charge in [-0.2, -0.15) is 0 Å². The summed E-state index contributed by atoms with van der Waals surface area (Å²) in [6.07, 6.45) is 3.20. The zero-order valence-corrected chi connectivity index (χ0v) is 10.7. The number of hydrogen-bond donors (Lipinski definition) is 2. The molecule has 3 N–H and O–H groups in total. The summed E-state index contributed by atoms with van der Waals surface area (Å²) in [5.74, 6) is -0.727. The zero-order chi connectivity index (χ0) is 13.6. The molecule has 0 aliphatic heterocycles. The largest absolute Gasteiger partial charge is 0.494 e. The Bertz CT molecular complexity index is 529. The van der Waals surface area contributed by atoms with Crippen LogP contribution < -0.4 is 15.2 Å². The molecule has 1 rings (SSSR count). The highest BCUT2D eigenvalue weighted by molar-refractivity contribution is 7.89. The van der Waals surface area contributed by atoms with Gasteiger partial charge in [-0.25, -0.2) is 17.5 Å². The van der Waals surface area contributed by atoms with Gasteiger partial charge in [-0.15, -0.1) is 0 Å². The molecule has 100 valence electrons. The molecule has 0 fully saturated rings. The van der Waals surface area contributed by atoms with Crippen LogP contribution in [0.25, 0.3) is 0 Å². The van der Waals surface area contributed by atoms with E-state index in [0.717, 1.165) is 6.07 Å². The molecule has 1 aromatic rings. The topological polar surface area (TPSA) is 81.4 Å². The number of nitrogens with one attached hydrogen (secondary N) is 1. The van der Waals surface area contributed by atoms with E-state index in [4.69, 9.17) is 10.5 Å². The van der Waals surface area contributed by atoms with Crippen LogP contribution in [-0.4, -0.2) is 28.6 Å². The van der Waals surface area contributed by atoms with Crippen LogP contribution in [-0.2, 0) is 10.0 Å². The van der Waals surface area contributed by atoms with Gasteiger partial charge in [-0.05, 0) is 18.2 Å². The highest BCUT2D eigenvalue weighted by Crippen LogP contribution is 2.20. The predicted molar refractivity (Wildman–Crippen MR) is 66.3 cm³/mol. The van der Waals surface area contributed by atoms with Gasteiger partial charge >= 0.3 is 0 Å². The van der Waals surface area contributed by atoms with Crippen molar-refractivity contribution in [3.63, 3.8) is 0 Å². The number of hydrogen-bond acceptors (Lipinski definition) is 4. The first-order valence-electron chi connectivity index (χ1n) is 5.19. The minimum Gasteiger partial charge on any atom is -0.494 e. The average molecular weight is 274 g/mol. The molecule has 0 radical (unpaired) electrons. The molecule has 0 amide bonds. The number of rotatable bonds is 6. The van der Waals surface area contributed by atoms with E-state index in [9.17, 15) is 12.8 Å². The SMILES string of the molecule is COc1ccc(S(=O)(=O)NC/C=C/CN)cc1F. The van der Waals surface area contributed by atoms with Gasteiger partial charge in [0.25, 0.3) is 0 Å². The maximum Gasteiger partial charge on any atom is 0.240 e. The molecule has 0 aromatic heterocycles. The lowest BCUT2D eigenvalue weighted by Gasteiger charge is -2.06. The Morgan fingerprint density at radius 1 is 1.44 bits per heavy atom. The second-order valence-corrected chi connectivity index (χ2v) is 5.12. The Kier molecular flexibility index (Phi) is 5.26. The standard InChI is InChI=1S/C11H15FN2O3S/c1-17-11-5-4-9(8-10(11)12)18(15,16)14-7-3-2-6-13/h2-5,8,14H,6-7,13H2,1H3/b3-2+. The van der Waals surface area contributed by atoms with Crippen LogP contribution in [0.4, 0.5) is 4.39 Å². The molecule has 5 nitrogen and oxygen atoms in total. The maximum atomic E-state index is 13.4. The Labute approximate surface area is 105 Å². The molecule has 0 saturated heterocycles. The predicted octanol–water partition coefficient (Wildman–Crippen LogP) is 0.628. The van der Waals surface area contributed by atoms with Gasteiger partial charge < -0.3 is 10.5 Å². The lowest BCUT2D eigenvalue weighted by atomic mass is 10.3. The third-order valence-corrected chi connectivity index (χ3v) is 3.55. The smallest absolute Gasteiger partial charge is 0.240 e. The van der Waals surface area contributed by atoms with Crippen LogP contribution in [0.2, 0.25) is 0 Å². The number of ether oxygens (including phenoxy) is 1. The summed E-state index contributed by atoms with van der Waals surface area (Å²) in [7, 11) is -2.42. The van der Waals surface area contributed by atoms with E-state index in [2.05, 4.69) is 4.72 Å². The van der Waals surface area contributed by atoms with Crippen LogP contribution >= 0.6 is 0 Å². The van der Waals surface area contributed by atoms with Gasteiger partial charge in [0.1, 0.15) is 0 Å². The monoisotopic (exact) mass is 274 g/mol. The zero-order valence-electron chi connectivity index (χ0n) is 9.89. The molecule has 0 bridgehead atoms. The van der Waals surface area contributed by atoms with Gasteiger partial charge in [0.15, 0.2) is 11.6 Å². The van der Waals surface area contributed by atoms with Crippen molar-refractivity contribution in [3.05, 3.63) is 36.2 Å². The highest BCUT2D eigenvalue weighted by atomic mass is 32.2. The first-order chi connectivity index (χ1) is 8.51. The number of nitrogens with two attached hydrogens (primary N) is 1. The molecule has 0 unspecified atom stereocenters. The van der Waals surface area contributed by atoms with Gasteiger partial charge in [-0.1, -0.05) is 12.2 Å². The molecular formula is C11H15FN2O3S. The molecule has 0 atom stereocenters. The number of halogens is 1. The Morgan fingerprint density at radius 2 is 2.17 bits per heavy atom. The van der Waals surface area contributed by atoms with Crippen molar-refractivity contribution in [1.82, 2.24) is 4.72 Å². The van der Waals surface area contributed by atoms with Gasteiger partial charge in [0.05, 0.1) is 12.0 Å². The summed E-state index contributed by atoms with van der Waals surface area (Å²) < 4.78 is 43.9. The third-order valence-electron chi connectivity index (χ3n) is 2.13. The second kappa shape index (κ2) is 6.48. The summed E-state index contributed by atoms with van der Waals surface area (Å²) in [6.45, 7) is 0.437. The van der Waals surface area contributed by atoms with Crippen LogP contribution in [0.1, 0.15) is 0 Å². The van der Waals surface area contributed by atoms with Gasteiger partial charge in [-0.3, -0.25) is 0 Å². The van der Waals surface area contributed by atoms with Gasteiger partial charge in [0, 0.05) is 13.1 Å². The number of sulfonamides is 1. The first-order valence-corrected chi connectivity index (χ1v) is 6.68. The van der Waals surface area contributed by atoms with Crippen molar-refractivity contribution in [1.29, 1.82) is 0 Å². The lowest BCUT2D eigenvalue weighted by Crippen LogP contribution is -2.24. The molecule has 0 aliphatic rings. The van der Waals surface area contributed by atoms with E-state index in [-0.39, 0.29) is 17.2 Å². The normalized spacial score (nSPS) is 11.9. The van der Waals surface area contributed by atoms with Crippen molar-refractivity contribution >= 4 is 10.0 Å². The van der Waals surface area contributed by atoms with Crippen LogP contribution in [0.15, 0.2) is 35.2 Å². The Balaban J connectivity index is 2.85. The molecule has 0 saturated carbocycles. The van der Waals surface area contributed by atoms with E-state index < -0.39 is 15.8 Å². The minimum absolute atomic E-state index is 0.00280. The molecule has 7 heteroatoms. The van der Waals surface area contributed by atoms with E-state index in [1.165, 1.54) is 19.2 Å². The summed E-state index contributed by atoms with van der Waals surface area (Å²) in [5, 5.41) is 0. The van der Waals surface area contributed by atoms with Crippen molar-refractivity contribution in [2.24, 2.45) is 5.73 Å². The fourth-order valence-electron chi connectivity index (χ4n) is 1.23. The Morgan fingerprint density at radius 3 is 2.72 bits per heavy atom. The average Bonchev–Trinajstić information content (AvgIpc) is 2.34. The van der Waals surface area contributed by atoms with E-state index in [1.807, 2.05) is 0 Å². The number of benzene rings is 1. The Hall–Kier alpha value is -1.44. The fraction of sp³-hybridized carbons (Fsp3) is 0.273. The van der Waals surface area contributed by atoms with Crippen molar-refractivity contribution in [3.8, 4) is 5.75 Å². The molecule has 0 heterocycles. The van der Waals surface area contributed by atoms with Crippen molar-refractivity contribution in [2.45, 2.75) is 4.90 Å². The summed E-state index contributed by atoms with van der Waals surface area (Å²) in [6, 6.07) is 3.45. The van der Waals surface area contributed by atoms with Crippen molar-refractivity contribution in [2.75, 3.05) is 20.2 Å². The summed E-state index contributed by atoms with van der Waals surface area (Å²) in [5.41, 5.74) is 5.21. The molecule has 1 aromatic carbocycles.